The fraction of sp³-hybridized carbons (Fsp3) is 0.529. The zero-order chi connectivity index (χ0) is 15.4. The molecule has 0 aliphatic rings. The summed E-state index contributed by atoms with van der Waals surface area (Å²) < 4.78 is 6.08. The lowest BCUT2D eigenvalue weighted by atomic mass is 9.92. The van der Waals surface area contributed by atoms with Crippen LogP contribution in [0.3, 0.4) is 0 Å². The van der Waals surface area contributed by atoms with Gasteiger partial charge in [0.2, 0.25) is 0 Å². The van der Waals surface area contributed by atoms with Crippen LogP contribution in [0.1, 0.15) is 49.1 Å². The van der Waals surface area contributed by atoms with E-state index in [9.17, 15) is 0 Å². The highest BCUT2D eigenvalue weighted by Crippen LogP contribution is 2.33. The lowest BCUT2D eigenvalue weighted by Gasteiger charge is -2.20. The number of nitrogens with zero attached hydrogens (tertiary/aromatic N) is 2. The van der Waals surface area contributed by atoms with Gasteiger partial charge in [-0.2, -0.15) is 15.4 Å². The average molecular weight is 287 g/mol. The Balaban J connectivity index is 2.26. The predicted molar refractivity (Wildman–Crippen MR) is 84.8 cm³/mol. The Kier molecular flexibility index (Phi) is 4.99. The van der Waals surface area contributed by atoms with Gasteiger partial charge in [-0.15, -0.1) is 0 Å². The molecule has 2 rings (SSSR count). The number of benzene rings is 1. The Labute approximate surface area is 126 Å². The molecule has 1 atom stereocenters. The number of aromatic nitrogens is 3. The van der Waals surface area contributed by atoms with Gasteiger partial charge in [0, 0.05) is 0 Å². The summed E-state index contributed by atoms with van der Waals surface area (Å²) in [7, 11) is 0. The van der Waals surface area contributed by atoms with Gasteiger partial charge in [0.05, 0.1) is 18.5 Å². The Bertz CT molecular complexity index is 576. The smallest absolute Gasteiger partial charge is 0.125 e. The molecule has 0 radical (unpaired) electrons. The van der Waals surface area contributed by atoms with Crippen molar-refractivity contribution in [1.29, 1.82) is 0 Å². The summed E-state index contributed by atoms with van der Waals surface area (Å²) in [5.74, 6) is 1.89. The minimum atomic E-state index is 0.343. The Hall–Kier alpha value is -1.84. The molecule has 114 valence electrons. The van der Waals surface area contributed by atoms with Gasteiger partial charge in [0.15, 0.2) is 0 Å². The number of nitrogens with one attached hydrogen (secondary N) is 1. The molecule has 0 aliphatic heterocycles. The molecule has 4 nitrogen and oxygen atoms in total. The number of aryl methyl sites for hydroxylation is 2. The highest BCUT2D eigenvalue weighted by Gasteiger charge is 2.17. The van der Waals surface area contributed by atoms with Crippen molar-refractivity contribution in [2.24, 2.45) is 5.92 Å². The summed E-state index contributed by atoms with van der Waals surface area (Å²) in [5, 5.41) is 10.7. The van der Waals surface area contributed by atoms with Crippen molar-refractivity contribution in [3.63, 3.8) is 0 Å². The quantitative estimate of drug-likeness (QED) is 0.879. The molecule has 0 fully saturated rings. The van der Waals surface area contributed by atoms with E-state index >= 15 is 0 Å². The van der Waals surface area contributed by atoms with Crippen molar-refractivity contribution in [1.82, 2.24) is 15.4 Å². The SMILES string of the molecule is Cc1cc(C)c(OCC(C)C)c(C(C)Cc2cn[nH]n2)c1. The van der Waals surface area contributed by atoms with Crippen molar-refractivity contribution in [3.05, 3.63) is 40.7 Å². The zero-order valence-corrected chi connectivity index (χ0v) is 13.6. The standard InChI is InChI=1S/C17H25N3O/c1-11(2)10-21-17-14(5)6-12(3)7-16(17)13(4)8-15-9-18-20-19-15/h6-7,9,11,13H,8,10H2,1-5H3,(H,18,19,20). The average Bonchev–Trinajstić information content (AvgIpc) is 2.89. The largest absolute Gasteiger partial charge is 0.493 e. The van der Waals surface area contributed by atoms with Crippen molar-refractivity contribution in [2.75, 3.05) is 6.61 Å². The molecule has 1 unspecified atom stereocenters. The minimum absolute atomic E-state index is 0.343. The molecule has 21 heavy (non-hydrogen) atoms. The van der Waals surface area contributed by atoms with Crippen LogP contribution in [0.15, 0.2) is 18.3 Å². The maximum Gasteiger partial charge on any atom is 0.125 e. The molecule has 4 heteroatoms. The molecule has 0 amide bonds. The molecule has 1 N–H and O–H groups in total. The summed E-state index contributed by atoms with van der Waals surface area (Å²) in [6.45, 7) is 11.5. The van der Waals surface area contributed by atoms with E-state index < -0.39 is 0 Å². The van der Waals surface area contributed by atoms with E-state index in [4.69, 9.17) is 4.74 Å². The first-order valence-corrected chi connectivity index (χ1v) is 7.56. The molecule has 1 aromatic carbocycles. The van der Waals surface area contributed by atoms with Gasteiger partial charge in [-0.3, -0.25) is 0 Å². The van der Waals surface area contributed by atoms with Crippen LogP contribution in [0.4, 0.5) is 0 Å². The van der Waals surface area contributed by atoms with E-state index in [1.807, 2.05) is 0 Å². The third-order valence-corrected chi connectivity index (χ3v) is 3.52. The molecule has 0 aliphatic carbocycles. The molecule has 0 spiro atoms. The van der Waals surface area contributed by atoms with Crippen LogP contribution >= 0.6 is 0 Å². The highest BCUT2D eigenvalue weighted by molar-refractivity contribution is 5.46. The van der Waals surface area contributed by atoms with E-state index in [-0.39, 0.29) is 0 Å². The summed E-state index contributed by atoms with van der Waals surface area (Å²) in [6, 6.07) is 4.41. The van der Waals surface area contributed by atoms with Crippen LogP contribution in [0.2, 0.25) is 0 Å². The molecule has 2 aromatic rings. The van der Waals surface area contributed by atoms with E-state index in [0.29, 0.717) is 11.8 Å². The van der Waals surface area contributed by atoms with Crippen LogP contribution < -0.4 is 4.74 Å². The summed E-state index contributed by atoms with van der Waals surface area (Å²) in [4.78, 5) is 0. The van der Waals surface area contributed by atoms with Gasteiger partial charge < -0.3 is 4.74 Å². The molecular weight excluding hydrogens is 262 g/mol. The van der Waals surface area contributed by atoms with Crippen LogP contribution in [-0.2, 0) is 6.42 Å². The minimum Gasteiger partial charge on any atom is -0.493 e. The fourth-order valence-electron chi connectivity index (χ4n) is 2.55. The topological polar surface area (TPSA) is 50.8 Å². The number of hydrogen-bond acceptors (Lipinski definition) is 3. The van der Waals surface area contributed by atoms with Crippen molar-refractivity contribution in [2.45, 2.75) is 47.0 Å². The second-order valence-corrected chi connectivity index (χ2v) is 6.27. The number of ether oxygens (including phenoxy) is 1. The lowest BCUT2D eigenvalue weighted by molar-refractivity contribution is 0.265. The van der Waals surface area contributed by atoms with Crippen molar-refractivity contribution >= 4 is 0 Å². The van der Waals surface area contributed by atoms with Gasteiger partial charge >= 0.3 is 0 Å². The van der Waals surface area contributed by atoms with Crippen LogP contribution in [-0.4, -0.2) is 22.0 Å². The highest BCUT2D eigenvalue weighted by atomic mass is 16.5. The molecule has 1 heterocycles. The van der Waals surface area contributed by atoms with E-state index in [0.717, 1.165) is 24.5 Å². The lowest BCUT2D eigenvalue weighted by Crippen LogP contribution is -2.10. The number of aromatic amines is 1. The molecular formula is C17H25N3O. The summed E-state index contributed by atoms with van der Waals surface area (Å²) in [5.41, 5.74) is 4.72. The van der Waals surface area contributed by atoms with Gasteiger partial charge in [-0.05, 0) is 43.2 Å². The maximum atomic E-state index is 6.08. The van der Waals surface area contributed by atoms with Crippen LogP contribution in [0.25, 0.3) is 0 Å². The number of hydrogen-bond donors (Lipinski definition) is 1. The fourth-order valence-corrected chi connectivity index (χ4v) is 2.55. The Morgan fingerprint density at radius 2 is 1.95 bits per heavy atom. The van der Waals surface area contributed by atoms with Crippen LogP contribution in [0, 0.1) is 19.8 Å². The molecule has 1 aromatic heterocycles. The third kappa shape index (κ3) is 4.06. The first-order chi connectivity index (χ1) is 9.97. The number of H-pyrrole nitrogens is 1. The monoisotopic (exact) mass is 287 g/mol. The van der Waals surface area contributed by atoms with E-state index in [1.165, 1.54) is 16.7 Å². The summed E-state index contributed by atoms with van der Waals surface area (Å²) in [6.07, 6.45) is 2.64. The zero-order valence-electron chi connectivity index (χ0n) is 13.6. The molecule has 0 saturated heterocycles. The second kappa shape index (κ2) is 6.74. The Morgan fingerprint density at radius 1 is 1.19 bits per heavy atom. The first-order valence-electron chi connectivity index (χ1n) is 7.56. The van der Waals surface area contributed by atoms with Crippen molar-refractivity contribution in [3.8, 4) is 5.75 Å². The normalized spacial score (nSPS) is 12.7. The third-order valence-electron chi connectivity index (χ3n) is 3.52. The predicted octanol–water partition coefficient (Wildman–Crippen LogP) is 3.80. The van der Waals surface area contributed by atoms with E-state index in [2.05, 4.69) is 62.2 Å². The number of rotatable bonds is 6. The summed E-state index contributed by atoms with van der Waals surface area (Å²) >= 11 is 0. The van der Waals surface area contributed by atoms with Gasteiger partial charge in [0.25, 0.3) is 0 Å². The van der Waals surface area contributed by atoms with Crippen LogP contribution in [0.5, 0.6) is 5.75 Å². The first kappa shape index (κ1) is 15.5. The second-order valence-electron chi connectivity index (χ2n) is 6.27. The maximum absolute atomic E-state index is 6.08. The van der Waals surface area contributed by atoms with Gasteiger partial charge in [-0.1, -0.05) is 38.5 Å². The molecule has 0 bridgehead atoms. The van der Waals surface area contributed by atoms with Gasteiger partial charge in [0.1, 0.15) is 5.75 Å². The Morgan fingerprint density at radius 3 is 2.57 bits per heavy atom. The van der Waals surface area contributed by atoms with E-state index in [1.54, 1.807) is 6.20 Å². The van der Waals surface area contributed by atoms with Gasteiger partial charge in [-0.25, -0.2) is 0 Å². The molecule has 0 saturated carbocycles. The van der Waals surface area contributed by atoms with Crippen molar-refractivity contribution < 1.29 is 4.74 Å².